The van der Waals surface area contributed by atoms with Crippen molar-refractivity contribution < 1.29 is 4.79 Å². The van der Waals surface area contributed by atoms with Crippen LogP contribution in [0.5, 0.6) is 0 Å². The average molecular weight is 374 g/mol. The summed E-state index contributed by atoms with van der Waals surface area (Å²) in [7, 11) is 0. The highest BCUT2D eigenvalue weighted by molar-refractivity contribution is 6.33. The molecule has 6 nitrogen and oxygen atoms in total. The molecule has 0 spiro atoms. The van der Waals surface area contributed by atoms with Crippen LogP contribution in [0, 0.1) is 6.92 Å². The van der Waals surface area contributed by atoms with Gasteiger partial charge in [0.2, 0.25) is 0 Å². The molecular formula is C19H24ClN5O. The molecule has 0 aliphatic heterocycles. The quantitative estimate of drug-likeness (QED) is 0.641. The van der Waals surface area contributed by atoms with E-state index < -0.39 is 5.91 Å². The van der Waals surface area contributed by atoms with Gasteiger partial charge in [0, 0.05) is 17.8 Å². The Morgan fingerprint density at radius 3 is 2.69 bits per heavy atom. The zero-order chi connectivity index (χ0) is 18.7. The lowest BCUT2D eigenvalue weighted by molar-refractivity contribution is 0.100. The number of carbonyl (C=O) groups excluding carboxylic acids is 1. The summed E-state index contributed by atoms with van der Waals surface area (Å²) in [5.74, 6) is 0.295. The summed E-state index contributed by atoms with van der Waals surface area (Å²) in [5, 5.41) is 6.86. The SMILES string of the molecule is Cc1cccc(Nc2nc(N[C@@H]3CCCC[C@@H]3N)c(Cl)cc2C(N)=O)c1. The van der Waals surface area contributed by atoms with Gasteiger partial charge in [0.25, 0.3) is 5.91 Å². The molecule has 2 atom stereocenters. The van der Waals surface area contributed by atoms with Gasteiger partial charge in [-0.05, 0) is 43.5 Å². The van der Waals surface area contributed by atoms with Crippen LogP contribution in [-0.2, 0) is 0 Å². The van der Waals surface area contributed by atoms with Crippen molar-refractivity contribution in [3.63, 3.8) is 0 Å². The second kappa shape index (κ2) is 7.93. The van der Waals surface area contributed by atoms with Gasteiger partial charge in [-0.2, -0.15) is 0 Å². The molecule has 1 aliphatic rings. The fourth-order valence-electron chi connectivity index (χ4n) is 3.25. The summed E-state index contributed by atoms with van der Waals surface area (Å²) < 4.78 is 0. The number of rotatable bonds is 5. The first-order valence-electron chi connectivity index (χ1n) is 8.80. The number of hydrogen-bond acceptors (Lipinski definition) is 5. The number of amides is 1. The number of carbonyl (C=O) groups is 1. The number of nitrogens with one attached hydrogen (secondary N) is 2. The highest BCUT2D eigenvalue weighted by atomic mass is 35.5. The van der Waals surface area contributed by atoms with E-state index in [1.807, 2.05) is 31.2 Å². The average Bonchev–Trinajstić information content (AvgIpc) is 2.59. The van der Waals surface area contributed by atoms with E-state index in [1.54, 1.807) is 6.07 Å². The number of aromatic nitrogens is 1. The number of hydrogen-bond donors (Lipinski definition) is 4. The van der Waals surface area contributed by atoms with Crippen molar-refractivity contribution in [1.29, 1.82) is 0 Å². The summed E-state index contributed by atoms with van der Waals surface area (Å²) >= 11 is 6.34. The van der Waals surface area contributed by atoms with Gasteiger partial charge in [0.15, 0.2) is 0 Å². The van der Waals surface area contributed by atoms with Crippen LogP contribution < -0.4 is 22.1 Å². The highest BCUT2D eigenvalue weighted by Gasteiger charge is 2.24. The number of aryl methyl sites for hydroxylation is 1. The second-order valence-electron chi connectivity index (χ2n) is 6.77. The fraction of sp³-hybridized carbons (Fsp3) is 0.368. The Morgan fingerprint density at radius 2 is 2.00 bits per heavy atom. The van der Waals surface area contributed by atoms with Crippen LogP contribution in [-0.4, -0.2) is 23.0 Å². The molecule has 0 bridgehead atoms. The van der Waals surface area contributed by atoms with Crippen LogP contribution in [0.25, 0.3) is 0 Å². The molecule has 6 N–H and O–H groups in total. The molecule has 26 heavy (non-hydrogen) atoms. The van der Waals surface area contributed by atoms with Crippen LogP contribution in [0.2, 0.25) is 5.02 Å². The number of nitrogens with zero attached hydrogens (tertiary/aromatic N) is 1. The van der Waals surface area contributed by atoms with Crippen molar-refractivity contribution in [2.75, 3.05) is 10.6 Å². The third kappa shape index (κ3) is 4.26. The number of pyridine rings is 1. The monoisotopic (exact) mass is 373 g/mol. The van der Waals surface area contributed by atoms with Crippen molar-refractivity contribution in [2.45, 2.75) is 44.7 Å². The maximum absolute atomic E-state index is 11.8. The zero-order valence-electron chi connectivity index (χ0n) is 14.8. The predicted molar refractivity (Wildman–Crippen MR) is 106 cm³/mol. The van der Waals surface area contributed by atoms with E-state index in [-0.39, 0.29) is 17.6 Å². The van der Waals surface area contributed by atoms with Crippen molar-refractivity contribution in [2.24, 2.45) is 11.5 Å². The van der Waals surface area contributed by atoms with Crippen molar-refractivity contribution >= 4 is 34.8 Å². The Morgan fingerprint density at radius 1 is 1.23 bits per heavy atom. The van der Waals surface area contributed by atoms with E-state index in [1.165, 1.54) is 0 Å². The van der Waals surface area contributed by atoms with E-state index in [0.29, 0.717) is 16.7 Å². The maximum atomic E-state index is 11.8. The Bertz CT molecular complexity index is 811. The molecule has 1 fully saturated rings. The number of anilines is 3. The minimum absolute atomic E-state index is 0.0608. The molecule has 138 valence electrons. The molecule has 1 heterocycles. The summed E-state index contributed by atoms with van der Waals surface area (Å²) in [6, 6.07) is 9.50. The molecule has 0 saturated heterocycles. The fourth-order valence-corrected chi connectivity index (χ4v) is 3.45. The minimum Gasteiger partial charge on any atom is -0.365 e. The molecule has 3 rings (SSSR count). The lowest BCUT2D eigenvalue weighted by atomic mass is 9.91. The minimum atomic E-state index is -0.588. The van der Waals surface area contributed by atoms with Crippen LogP contribution in [0.15, 0.2) is 30.3 Å². The van der Waals surface area contributed by atoms with Gasteiger partial charge in [-0.15, -0.1) is 0 Å². The summed E-state index contributed by atoms with van der Waals surface area (Å²) in [4.78, 5) is 16.4. The molecule has 1 aromatic heterocycles. The summed E-state index contributed by atoms with van der Waals surface area (Å²) in [6.07, 6.45) is 4.21. The first-order chi connectivity index (χ1) is 12.4. The molecule has 1 aliphatic carbocycles. The van der Waals surface area contributed by atoms with E-state index in [9.17, 15) is 4.79 Å². The van der Waals surface area contributed by atoms with Crippen molar-refractivity contribution in [3.05, 3.63) is 46.5 Å². The molecule has 0 unspecified atom stereocenters. The molecule has 2 aromatic rings. The lowest BCUT2D eigenvalue weighted by Crippen LogP contribution is -2.42. The second-order valence-corrected chi connectivity index (χ2v) is 7.18. The van der Waals surface area contributed by atoms with Crippen molar-refractivity contribution in [3.8, 4) is 0 Å². The number of nitrogens with two attached hydrogens (primary N) is 2. The Hall–Kier alpha value is -2.31. The van der Waals surface area contributed by atoms with Gasteiger partial charge in [0.05, 0.1) is 10.6 Å². The predicted octanol–water partition coefficient (Wildman–Crippen LogP) is 3.57. The van der Waals surface area contributed by atoms with Gasteiger partial charge in [-0.3, -0.25) is 4.79 Å². The van der Waals surface area contributed by atoms with E-state index in [0.717, 1.165) is 36.9 Å². The zero-order valence-corrected chi connectivity index (χ0v) is 15.5. The number of halogens is 1. The first-order valence-corrected chi connectivity index (χ1v) is 9.18. The van der Waals surface area contributed by atoms with Crippen LogP contribution >= 0.6 is 11.6 Å². The van der Waals surface area contributed by atoms with Gasteiger partial charge in [-0.1, -0.05) is 36.6 Å². The molecule has 0 radical (unpaired) electrons. The third-order valence-corrected chi connectivity index (χ3v) is 4.95. The topological polar surface area (TPSA) is 106 Å². The van der Waals surface area contributed by atoms with Crippen LogP contribution in [0.4, 0.5) is 17.3 Å². The van der Waals surface area contributed by atoms with Crippen molar-refractivity contribution in [1.82, 2.24) is 4.98 Å². The van der Waals surface area contributed by atoms with Gasteiger partial charge < -0.3 is 22.1 Å². The Balaban J connectivity index is 1.92. The molecule has 1 aromatic carbocycles. The maximum Gasteiger partial charge on any atom is 0.252 e. The summed E-state index contributed by atoms with van der Waals surface area (Å²) in [6.45, 7) is 1.99. The van der Waals surface area contributed by atoms with Crippen LogP contribution in [0.1, 0.15) is 41.6 Å². The van der Waals surface area contributed by atoms with E-state index in [2.05, 4.69) is 15.6 Å². The van der Waals surface area contributed by atoms with Gasteiger partial charge in [-0.25, -0.2) is 4.98 Å². The lowest BCUT2D eigenvalue weighted by Gasteiger charge is -2.30. The van der Waals surface area contributed by atoms with Gasteiger partial charge >= 0.3 is 0 Å². The van der Waals surface area contributed by atoms with Crippen LogP contribution in [0.3, 0.4) is 0 Å². The molecule has 1 amide bonds. The van der Waals surface area contributed by atoms with E-state index in [4.69, 9.17) is 23.1 Å². The first kappa shape index (κ1) is 18.5. The molecular weight excluding hydrogens is 350 g/mol. The Labute approximate surface area is 158 Å². The third-order valence-electron chi connectivity index (χ3n) is 4.66. The van der Waals surface area contributed by atoms with E-state index >= 15 is 0 Å². The number of primary amides is 1. The number of benzene rings is 1. The normalized spacial score (nSPS) is 19.8. The largest absolute Gasteiger partial charge is 0.365 e. The van der Waals surface area contributed by atoms with Gasteiger partial charge in [0.1, 0.15) is 11.6 Å². The molecule has 1 saturated carbocycles. The standard InChI is InChI=1S/C19H24ClN5O/c1-11-5-4-6-12(9-11)23-18-13(17(22)26)10-14(20)19(25-18)24-16-8-3-2-7-15(16)21/h4-6,9-10,15-16H,2-3,7-8,21H2,1H3,(H2,22,26)(H2,23,24,25)/t15-,16+/m0/s1. The highest BCUT2D eigenvalue weighted by Crippen LogP contribution is 2.30. The molecule has 7 heteroatoms. The summed E-state index contributed by atoms with van der Waals surface area (Å²) in [5.41, 5.74) is 13.9. The smallest absolute Gasteiger partial charge is 0.252 e. The Kier molecular flexibility index (Phi) is 5.64.